The van der Waals surface area contributed by atoms with Gasteiger partial charge in [0.05, 0.1) is 17.9 Å². The number of hydrogen-bond donors (Lipinski definition) is 2. The van der Waals surface area contributed by atoms with Crippen molar-refractivity contribution in [2.75, 3.05) is 12.4 Å². The molecule has 0 unspecified atom stereocenters. The Hall–Kier alpha value is -1.07. The van der Waals surface area contributed by atoms with Gasteiger partial charge in [-0.3, -0.25) is 4.98 Å². The third-order valence-electron chi connectivity index (χ3n) is 1.85. The van der Waals surface area contributed by atoms with Crippen LogP contribution in [0.15, 0.2) is 11.0 Å². The summed E-state index contributed by atoms with van der Waals surface area (Å²) in [4.78, 5) is 15.8. The fraction of sp³-hybridized carbons (Fsp3) is 0.400. The Morgan fingerprint density at radius 1 is 1.53 bits per heavy atom. The first-order valence-electron chi connectivity index (χ1n) is 4.51. The Morgan fingerprint density at radius 3 is 2.73 bits per heavy atom. The van der Waals surface area contributed by atoms with Crippen LogP contribution in [0.25, 0.3) is 0 Å². The molecule has 15 heavy (non-hydrogen) atoms. The van der Waals surface area contributed by atoms with E-state index in [4.69, 9.17) is 10.2 Å². The topological polar surface area (TPSA) is 70.4 Å². The fourth-order valence-electron chi connectivity index (χ4n) is 1.32. The summed E-state index contributed by atoms with van der Waals surface area (Å²) >= 11 is 1.33. The van der Waals surface area contributed by atoms with Crippen LogP contribution in [0.2, 0.25) is 0 Å². The van der Waals surface area contributed by atoms with E-state index in [9.17, 15) is 4.79 Å². The Bertz CT molecular complexity index is 379. The van der Waals surface area contributed by atoms with Crippen LogP contribution >= 0.6 is 11.8 Å². The number of hydrogen-bond acceptors (Lipinski definition) is 4. The molecule has 0 radical (unpaired) electrons. The fourth-order valence-corrected chi connectivity index (χ4v) is 2.27. The van der Waals surface area contributed by atoms with Gasteiger partial charge in [0, 0.05) is 16.3 Å². The van der Waals surface area contributed by atoms with Crippen LogP contribution < -0.4 is 0 Å². The number of carboxylic acids is 1. The Morgan fingerprint density at radius 2 is 2.20 bits per heavy atom. The molecule has 0 aliphatic carbocycles. The molecule has 0 aliphatic heterocycles. The van der Waals surface area contributed by atoms with Gasteiger partial charge >= 0.3 is 5.97 Å². The molecule has 0 amide bonds. The van der Waals surface area contributed by atoms with Crippen LogP contribution in [0.5, 0.6) is 0 Å². The molecular weight excluding hydrogens is 214 g/mol. The first-order chi connectivity index (χ1) is 7.06. The molecule has 1 aromatic heterocycles. The van der Waals surface area contributed by atoms with Gasteiger partial charge in [0.15, 0.2) is 0 Å². The summed E-state index contributed by atoms with van der Waals surface area (Å²) in [7, 11) is 0. The van der Waals surface area contributed by atoms with E-state index in [0.29, 0.717) is 16.3 Å². The van der Waals surface area contributed by atoms with Crippen molar-refractivity contribution in [3.8, 4) is 0 Å². The van der Waals surface area contributed by atoms with Crippen molar-refractivity contribution in [3.63, 3.8) is 0 Å². The van der Waals surface area contributed by atoms with Crippen LogP contribution in [0.4, 0.5) is 0 Å². The lowest BCUT2D eigenvalue weighted by Crippen LogP contribution is -2.06. The zero-order valence-electron chi connectivity index (χ0n) is 8.65. The molecule has 0 aromatic carbocycles. The van der Waals surface area contributed by atoms with Gasteiger partial charge in [-0.15, -0.1) is 11.8 Å². The number of aliphatic hydroxyl groups is 1. The van der Waals surface area contributed by atoms with Gasteiger partial charge in [-0.25, -0.2) is 4.79 Å². The lowest BCUT2D eigenvalue weighted by molar-refractivity contribution is 0.0691. The minimum Gasteiger partial charge on any atom is -0.478 e. The summed E-state index contributed by atoms with van der Waals surface area (Å²) in [5.41, 5.74) is 1.54. The lowest BCUT2D eigenvalue weighted by atomic mass is 10.2. The largest absolute Gasteiger partial charge is 0.478 e. The van der Waals surface area contributed by atoms with Crippen molar-refractivity contribution < 1.29 is 15.0 Å². The van der Waals surface area contributed by atoms with Crippen LogP contribution in [0.1, 0.15) is 21.7 Å². The standard InChI is InChI=1S/C10H13NO3S/c1-6-5-8(15-4-3-12)9(10(13)14)7(2)11-6/h5,12H,3-4H2,1-2H3,(H,13,14). The highest BCUT2D eigenvalue weighted by Gasteiger charge is 2.15. The molecule has 5 heteroatoms. The monoisotopic (exact) mass is 227 g/mol. The summed E-state index contributed by atoms with van der Waals surface area (Å²) in [5.74, 6) is -0.483. The highest BCUT2D eigenvalue weighted by Crippen LogP contribution is 2.25. The van der Waals surface area contributed by atoms with Crippen molar-refractivity contribution in [3.05, 3.63) is 23.0 Å². The Balaban J connectivity index is 3.14. The predicted molar refractivity (Wildman–Crippen MR) is 58.5 cm³/mol. The number of carboxylic acid groups (broad SMARTS) is 1. The molecule has 1 aromatic rings. The van der Waals surface area contributed by atoms with Crippen molar-refractivity contribution >= 4 is 17.7 Å². The molecule has 4 nitrogen and oxygen atoms in total. The van der Waals surface area contributed by atoms with Gasteiger partial charge in [-0.1, -0.05) is 0 Å². The van der Waals surface area contributed by atoms with Crippen molar-refractivity contribution in [2.24, 2.45) is 0 Å². The highest BCUT2D eigenvalue weighted by molar-refractivity contribution is 7.99. The van der Waals surface area contributed by atoms with Crippen LogP contribution in [-0.2, 0) is 0 Å². The van der Waals surface area contributed by atoms with E-state index in [2.05, 4.69) is 4.98 Å². The van der Waals surface area contributed by atoms with Crippen molar-refractivity contribution in [1.82, 2.24) is 4.98 Å². The van der Waals surface area contributed by atoms with E-state index in [0.717, 1.165) is 5.69 Å². The Kier molecular flexibility index (Phi) is 4.11. The number of aromatic carboxylic acids is 1. The number of aromatic nitrogens is 1. The maximum Gasteiger partial charge on any atom is 0.338 e. The number of carbonyl (C=O) groups is 1. The summed E-state index contributed by atoms with van der Waals surface area (Å²) in [6.45, 7) is 3.53. The van der Waals surface area contributed by atoms with Gasteiger partial charge in [0.2, 0.25) is 0 Å². The maximum atomic E-state index is 11.0. The lowest BCUT2D eigenvalue weighted by Gasteiger charge is -2.08. The third-order valence-corrected chi connectivity index (χ3v) is 2.87. The molecule has 0 spiro atoms. The number of pyridine rings is 1. The molecule has 0 fully saturated rings. The molecule has 0 bridgehead atoms. The Labute approximate surface area is 92.3 Å². The molecule has 1 rings (SSSR count). The highest BCUT2D eigenvalue weighted by atomic mass is 32.2. The summed E-state index contributed by atoms with van der Waals surface area (Å²) in [5, 5.41) is 17.7. The third kappa shape index (κ3) is 2.94. The predicted octanol–water partition coefficient (Wildman–Crippen LogP) is 1.48. The molecule has 0 aliphatic rings. The zero-order valence-corrected chi connectivity index (χ0v) is 9.47. The van der Waals surface area contributed by atoms with Crippen LogP contribution in [0.3, 0.4) is 0 Å². The van der Waals surface area contributed by atoms with Gasteiger partial charge in [0.25, 0.3) is 0 Å². The quantitative estimate of drug-likeness (QED) is 0.762. The molecule has 82 valence electrons. The molecule has 1 heterocycles. The minimum atomic E-state index is -0.972. The number of thioether (sulfide) groups is 1. The second-order valence-electron chi connectivity index (χ2n) is 3.10. The molecule has 0 saturated carbocycles. The van der Waals surface area contributed by atoms with E-state index < -0.39 is 5.97 Å². The maximum absolute atomic E-state index is 11.0. The first-order valence-corrected chi connectivity index (χ1v) is 5.50. The first kappa shape index (κ1) is 12.0. The van der Waals surface area contributed by atoms with Gasteiger partial charge in [-0.2, -0.15) is 0 Å². The van der Waals surface area contributed by atoms with Crippen LogP contribution in [-0.4, -0.2) is 33.5 Å². The number of aliphatic hydroxyl groups excluding tert-OH is 1. The second-order valence-corrected chi connectivity index (χ2v) is 4.24. The average Bonchev–Trinajstić information content (AvgIpc) is 2.12. The van der Waals surface area contributed by atoms with E-state index in [1.165, 1.54) is 11.8 Å². The zero-order chi connectivity index (χ0) is 11.4. The number of nitrogens with zero attached hydrogens (tertiary/aromatic N) is 1. The van der Waals surface area contributed by atoms with Crippen LogP contribution in [0, 0.1) is 13.8 Å². The normalized spacial score (nSPS) is 10.3. The van der Waals surface area contributed by atoms with Crippen molar-refractivity contribution in [1.29, 1.82) is 0 Å². The average molecular weight is 227 g/mol. The summed E-state index contributed by atoms with van der Waals surface area (Å²) in [6.07, 6.45) is 0. The summed E-state index contributed by atoms with van der Waals surface area (Å²) in [6, 6.07) is 1.73. The molecule has 0 atom stereocenters. The van der Waals surface area contributed by atoms with E-state index in [1.807, 2.05) is 6.92 Å². The number of rotatable bonds is 4. The van der Waals surface area contributed by atoms with E-state index >= 15 is 0 Å². The second kappa shape index (κ2) is 5.14. The molecular formula is C10H13NO3S. The van der Waals surface area contributed by atoms with Gasteiger partial charge < -0.3 is 10.2 Å². The van der Waals surface area contributed by atoms with Gasteiger partial charge in [-0.05, 0) is 19.9 Å². The smallest absolute Gasteiger partial charge is 0.338 e. The SMILES string of the molecule is Cc1cc(SCCO)c(C(=O)O)c(C)n1. The molecule has 2 N–H and O–H groups in total. The van der Waals surface area contributed by atoms with E-state index in [-0.39, 0.29) is 12.2 Å². The summed E-state index contributed by atoms with van der Waals surface area (Å²) < 4.78 is 0. The van der Waals surface area contributed by atoms with E-state index in [1.54, 1.807) is 13.0 Å². The minimum absolute atomic E-state index is 0.0319. The van der Waals surface area contributed by atoms with Gasteiger partial charge in [0.1, 0.15) is 0 Å². The van der Waals surface area contributed by atoms with Crippen molar-refractivity contribution in [2.45, 2.75) is 18.7 Å². The molecule has 0 saturated heterocycles. The number of aryl methyl sites for hydroxylation is 2.